The number of carbonyl (C=O) groups excluding carboxylic acids is 3. The van der Waals surface area contributed by atoms with Gasteiger partial charge in [-0.05, 0) is 24.6 Å². The molecule has 0 spiro atoms. The number of amides is 1. The number of hydrogen-bond acceptors (Lipinski definition) is 8. The number of nitrogens with zero attached hydrogens (tertiary/aromatic N) is 1. The fourth-order valence-corrected chi connectivity index (χ4v) is 5.23. The van der Waals surface area contributed by atoms with Gasteiger partial charge in [0, 0.05) is 22.5 Å². The molecular formula is C21H19NO6S2. The standard InChI is InChI=1S/C21H19NO6S2/c1-26-19(24)10-18-22(17(23)12-29-18)7-4-8-27-21(25)16-9-13-11-28-15-6-3-2-5-14(15)20(13)30-16/h2-3,5-6,9-10H,4,7-8,11-12H2,1H3/b18-10+. The van der Waals surface area contributed by atoms with Gasteiger partial charge >= 0.3 is 11.9 Å². The smallest absolute Gasteiger partial charge is 0.348 e. The number of fused-ring (bicyclic) bond motifs is 3. The highest BCUT2D eigenvalue weighted by Crippen LogP contribution is 2.42. The predicted molar refractivity (Wildman–Crippen MR) is 113 cm³/mol. The minimum atomic E-state index is -0.504. The maximum absolute atomic E-state index is 12.5. The minimum absolute atomic E-state index is 0.0777. The fraction of sp³-hybridized carbons (Fsp3) is 0.286. The Labute approximate surface area is 181 Å². The summed E-state index contributed by atoms with van der Waals surface area (Å²) in [6.07, 6.45) is 1.77. The maximum Gasteiger partial charge on any atom is 0.348 e. The van der Waals surface area contributed by atoms with E-state index in [0.717, 1.165) is 21.8 Å². The van der Waals surface area contributed by atoms with Crippen LogP contribution in [0.25, 0.3) is 10.4 Å². The zero-order chi connectivity index (χ0) is 21.1. The molecular weight excluding hydrogens is 426 g/mol. The van der Waals surface area contributed by atoms with Gasteiger partial charge in [0.05, 0.1) is 30.6 Å². The van der Waals surface area contributed by atoms with E-state index in [9.17, 15) is 14.4 Å². The van der Waals surface area contributed by atoms with E-state index in [-0.39, 0.29) is 24.2 Å². The summed E-state index contributed by atoms with van der Waals surface area (Å²) in [6.45, 7) is 0.971. The van der Waals surface area contributed by atoms with Crippen LogP contribution in [-0.2, 0) is 25.7 Å². The second kappa shape index (κ2) is 8.93. The predicted octanol–water partition coefficient (Wildman–Crippen LogP) is 3.44. The van der Waals surface area contributed by atoms with E-state index in [1.165, 1.54) is 41.2 Å². The molecule has 2 aliphatic heterocycles. The van der Waals surface area contributed by atoms with Crippen molar-refractivity contribution in [2.75, 3.05) is 26.0 Å². The van der Waals surface area contributed by atoms with E-state index in [2.05, 4.69) is 4.74 Å². The largest absolute Gasteiger partial charge is 0.488 e. The third-order valence-electron chi connectivity index (χ3n) is 4.64. The van der Waals surface area contributed by atoms with Crippen LogP contribution in [0.2, 0.25) is 0 Å². The lowest BCUT2D eigenvalue weighted by Crippen LogP contribution is -2.27. The van der Waals surface area contributed by atoms with Gasteiger partial charge in [-0.3, -0.25) is 4.79 Å². The number of thiophene rings is 1. The molecule has 1 fully saturated rings. The van der Waals surface area contributed by atoms with Gasteiger partial charge in [0.25, 0.3) is 0 Å². The molecule has 7 nitrogen and oxygen atoms in total. The molecule has 30 heavy (non-hydrogen) atoms. The Balaban J connectivity index is 1.33. The van der Waals surface area contributed by atoms with Gasteiger partial charge in [-0.1, -0.05) is 23.9 Å². The number of carbonyl (C=O) groups is 3. The molecule has 4 rings (SSSR count). The van der Waals surface area contributed by atoms with Crippen molar-refractivity contribution >= 4 is 40.9 Å². The summed E-state index contributed by atoms with van der Waals surface area (Å²) in [6, 6.07) is 9.56. The number of rotatable bonds is 6. The molecule has 0 atom stereocenters. The molecule has 0 unspecified atom stereocenters. The third-order valence-corrected chi connectivity index (χ3v) is 6.85. The highest BCUT2D eigenvalue weighted by Gasteiger charge is 2.27. The first-order chi connectivity index (χ1) is 14.6. The molecule has 3 heterocycles. The Bertz CT molecular complexity index is 1030. The second-order valence-corrected chi connectivity index (χ2v) is 8.63. The normalized spacial score (nSPS) is 16.1. The van der Waals surface area contributed by atoms with Gasteiger partial charge in [0.1, 0.15) is 17.2 Å². The van der Waals surface area contributed by atoms with E-state index in [1.807, 2.05) is 30.3 Å². The summed E-state index contributed by atoms with van der Waals surface area (Å²) in [7, 11) is 1.29. The maximum atomic E-state index is 12.5. The lowest BCUT2D eigenvalue weighted by atomic mass is 10.1. The molecule has 0 aliphatic carbocycles. The Morgan fingerprint density at radius 1 is 1.30 bits per heavy atom. The molecule has 1 amide bonds. The zero-order valence-corrected chi connectivity index (χ0v) is 17.8. The summed E-state index contributed by atoms with van der Waals surface area (Å²) in [5.41, 5.74) is 1.96. The van der Waals surface area contributed by atoms with Crippen molar-refractivity contribution in [2.24, 2.45) is 0 Å². The summed E-state index contributed by atoms with van der Waals surface area (Å²) in [5.74, 6) is 0.129. The van der Waals surface area contributed by atoms with Crippen molar-refractivity contribution < 1.29 is 28.6 Å². The van der Waals surface area contributed by atoms with Crippen LogP contribution in [0.3, 0.4) is 0 Å². The molecule has 1 aromatic carbocycles. The lowest BCUT2D eigenvalue weighted by molar-refractivity contribution is -0.134. The molecule has 0 bridgehead atoms. The highest BCUT2D eigenvalue weighted by molar-refractivity contribution is 8.04. The summed E-state index contributed by atoms with van der Waals surface area (Å²) in [5, 5.41) is 0.558. The van der Waals surface area contributed by atoms with Crippen molar-refractivity contribution in [3.63, 3.8) is 0 Å². The van der Waals surface area contributed by atoms with Gasteiger partial charge in [-0.25, -0.2) is 9.59 Å². The van der Waals surface area contributed by atoms with Gasteiger partial charge in [0.2, 0.25) is 5.91 Å². The number of benzene rings is 1. The first-order valence-corrected chi connectivity index (χ1v) is 11.1. The highest BCUT2D eigenvalue weighted by atomic mass is 32.2. The molecule has 0 radical (unpaired) electrons. The van der Waals surface area contributed by atoms with Crippen molar-refractivity contribution in [1.29, 1.82) is 0 Å². The molecule has 156 valence electrons. The van der Waals surface area contributed by atoms with Crippen LogP contribution >= 0.6 is 23.1 Å². The van der Waals surface area contributed by atoms with Crippen molar-refractivity contribution in [3.05, 3.63) is 51.9 Å². The molecule has 2 aromatic rings. The van der Waals surface area contributed by atoms with E-state index >= 15 is 0 Å². The van der Waals surface area contributed by atoms with E-state index in [4.69, 9.17) is 9.47 Å². The Morgan fingerprint density at radius 3 is 2.97 bits per heavy atom. The Hall–Kier alpha value is -2.78. The number of thioether (sulfide) groups is 1. The van der Waals surface area contributed by atoms with Crippen molar-refractivity contribution in [2.45, 2.75) is 13.0 Å². The second-order valence-electron chi connectivity index (χ2n) is 6.58. The number of hydrogen-bond donors (Lipinski definition) is 0. The van der Waals surface area contributed by atoms with Gasteiger partial charge < -0.3 is 19.1 Å². The van der Waals surface area contributed by atoms with Crippen LogP contribution < -0.4 is 4.74 Å². The van der Waals surface area contributed by atoms with E-state index in [1.54, 1.807) is 0 Å². The van der Waals surface area contributed by atoms with Gasteiger partial charge in [-0.2, -0.15) is 0 Å². The molecule has 1 aromatic heterocycles. The number of methoxy groups -OCH3 is 1. The van der Waals surface area contributed by atoms with Gasteiger partial charge in [0.15, 0.2) is 0 Å². The fourth-order valence-electron chi connectivity index (χ4n) is 3.19. The van der Waals surface area contributed by atoms with Crippen molar-refractivity contribution in [1.82, 2.24) is 4.90 Å². The van der Waals surface area contributed by atoms with E-state index < -0.39 is 5.97 Å². The average molecular weight is 446 g/mol. The van der Waals surface area contributed by atoms with Crippen LogP contribution in [0.4, 0.5) is 0 Å². The molecule has 1 saturated heterocycles. The Kier molecular flexibility index (Phi) is 6.10. The number of ether oxygens (including phenoxy) is 3. The quantitative estimate of drug-likeness (QED) is 0.383. The Morgan fingerprint density at radius 2 is 2.13 bits per heavy atom. The van der Waals surface area contributed by atoms with Crippen LogP contribution in [0.15, 0.2) is 41.4 Å². The molecule has 0 N–H and O–H groups in total. The molecule has 9 heteroatoms. The van der Waals surface area contributed by atoms with Crippen LogP contribution in [0, 0.1) is 0 Å². The third kappa shape index (κ3) is 4.22. The molecule has 2 aliphatic rings. The summed E-state index contributed by atoms with van der Waals surface area (Å²) < 4.78 is 15.7. The first-order valence-electron chi connectivity index (χ1n) is 9.31. The van der Waals surface area contributed by atoms with Crippen LogP contribution in [-0.4, -0.2) is 48.8 Å². The number of esters is 2. The average Bonchev–Trinajstić information content (AvgIpc) is 3.35. The summed E-state index contributed by atoms with van der Waals surface area (Å²) >= 11 is 2.69. The first kappa shape index (κ1) is 20.5. The topological polar surface area (TPSA) is 82.1 Å². The van der Waals surface area contributed by atoms with Crippen LogP contribution in [0.5, 0.6) is 5.75 Å². The van der Waals surface area contributed by atoms with E-state index in [0.29, 0.717) is 29.5 Å². The monoisotopic (exact) mass is 445 g/mol. The number of para-hydroxylation sites is 1. The van der Waals surface area contributed by atoms with Crippen LogP contribution in [0.1, 0.15) is 21.7 Å². The SMILES string of the molecule is COC(=O)/C=C1/SCC(=O)N1CCCOC(=O)c1cc2c(s1)-c1ccccc1OC2. The van der Waals surface area contributed by atoms with Crippen molar-refractivity contribution in [3.8, 4) is 16.2 Å². The molecule has 0 saturated carbocycles. The lowest BCUT2D eigenvalue weighted by Gasteiger charge is -2.16. The zero-order valence-electron chi connectivity index (χ0n) is 16.2. The minimum Gasteiger partial charge on any atom is -0.488 e. The van der Waals surface area contributed by atoms with Gasteiger partial charge in [-0.15, -0.1) is 11.3 Å². The summed E-state index contributed by atoms with van der Waals surface area (Å²) in [4.78, 5) is 39.0.